The topological polar surface area (TPSA) is 61.5 Å². The molecular weight excluding hydrogens is 166 g/mol. The Labute approximate surface area is 81.1 Å². The van der Waals surface area contributed by atoms with Crippen molar-refractivity contribution < 1.29 is 5.11 Å². The van der Waals surface area contributed by atoms with E-state index in [1.54, 1.807) is 0 Å². The summed E-state index contributed by atoms with van der Waals surface area (Å²) in [5, 5.41) is 12.1. The third-order valence-corrected chi connectivity index (χ3v) is 2.35. The van der Waals surface area contributed by atoms with Crippen LogP contribution in [0.2, 0.25) is 0 Å². The second-order valence-electron chi connectivity index (χ2n) is 3.92. The zero-order valence-corrected chi connectivity index (χ0v) is 9.01. The number of aliphatic hydroxyl groups excluding tert-OH is 1. The van der Waals surface area contributed by atoms with Gasteiger partial charge in [-0.25, -0.2) is 0 Å². The highest BCUT2D eigenvalue weighted by Crippen LogP contribution is 2.09. The molecule has 80 valence electrons. The summed E-state index contributed by atoms with van der Waals surface area (Å²) in [7, 11) is 2.01. The molecule has 13 heavy (non-hydrogen) atoms. The normalized spacial score (nSPS) is 12.5. The van der Waals surface area contributed by atoms with Gasteiger partial charge in [-0.1, -0.05) is 0 Å². The predicted molar refractivity (Wildman–Crippen MR) is 55.7 cm³/mol. The molecule has 0 saturated heterocycles. The van der Waals surface area contributed by atoms with Crippen LogP contribution in [0.3, 0.4) is 0 Å². The predicted octanol–water partition coefficient (Wildman–Crippen LogP) is -0.763. The standard InChI is InChI=1S/C9H23N3O/c1-9(2,8-11-5-4-10)12(3)6-7-13/h11,13H,4-8,10H2,1-3H3. The first-order chi connectivity index (χ1) is 6.04. The molecule has 0 amide bonds. The zero-order valence-electron chi connectivity index (χ0n) is 9.01. The lowest BCUT2D eigenvalue weighted by Gasteiger charge is -2.35. The van der Waals surface area contributed by atoms with Crippen LogP contribution < -0.4 is 11.1 Å². The van der Waals surface area contributed by atoms with Gasteiger partial charge in [-0.05, 0) is 20.9 Å². The molecule has 0 atom stereocenters. The van der Waals surface area contributed by atoms with E-state index in [1.807, 2.05) is 7.05 Å². The minimum absolute atomic E-state index is 0.0674. The molecule has 0 fully saturated rings. The maximum atomic E-state index is 8.79. The largest absolute Gasteiger partial charge is 0.395 e. The SMILES string of the molecule is CN(CCO)C(C)(C)CNCCN. The summed E-state index contributed by atoms with van der Waals surface area (Å²) in [6.07, 6.45) is 0. The van der Waals surface area contributed by atoms with Gasteiger partial charge in [-0.2, -0.15) is 0 Å². The fourth-order valence-corrected chi connectivity index (χ4v) is 1.08. The summed E-state index contributed by atoms with van der Waals surface area (Å²) >= 11 is 0. The fraction of sp³-hybridized carbons (Fsp3) is 1.00. The van der Waals surface area contributed by atoms with Crippen molar-refractivity contribution in [1.29, 1.82) is 0 Å². The van der Waals surface area contributed by atoms with E-state index < -0.39 is 0 Å². The van der Waals surface area contributed by atoms with Gasteiger partial charge in [0.2, 0.25) is 0 Å². The number of β-amino-alcohol motifs (C(OH)–C–C–N with tert-alkyl or cyclic N) is 1. The molecule has 0 aromatic heterocycles. The number of rotatable bonds is 7. The number of hydrogen-bond donors (Lipinski definition) is 3. The average Bonchev–Trinajstić information content (AvgIpc) is 2.05. The molecule has 0 rings (SSSR count). The van der Waals surface area contributed by atoms with Crippen LogP contribution >= 0.6 is 0 Å². The summed E-state index contributed by atoms with van der Waals surface area (Å²) in [5.74, 6) is 0. The minimum Gasteiger partial charge on any atom is -0.395 e. The van der Waals surface area contributed by atoms with E-state index in [1.165, 1.54) is 0 Å². The molecule has 0 aliphatic heterocycles. The summed E-state index contributed by atoms with van der Waals surface area (Å²) in [4.78, 5) is 2.14. The van der Waals surface area contributed by atoms with Gasteiger partial charge in [0.1, 0.15) is 0 Å². The van der Waals surface area contributed by atoms with Crippen molar-refractivity contribution in [1.82, 2.24) is 10.2 Å². The van der Waals surface area contributed by atoms with Crippen LogP contribution in [0.5, 0.6) is 0 Å². The van der Waals surface area contributed by atoms with Crippen molar-refractivity contribution >= 4 is 0 Å². The number of nitrogens with one attached hydrogen (secondary N) is 1. The Hall–Kier alpha value is -0.160. The fourth-order valence-electron chi connectivity index (χ4n) is 1.08. The molecule has 4 nitrogen and oxygen atoms in total. The van der Waals surface area contributed by atoms with Crippen LogP contribution in [0.15, 0.2) is 0 Å². The van der Waals surface area contributed by atoms with Crippen LogP contribution in [0.1, 0.15) is 13.8 Å². The van der Waals surface area contributed by atoms with Crippen LogP contribution in [0.4, 0.5) is 0 Å². The van der Waals surface area contributed by atoms with Gasteiger partial charge in [0, 0.05) is 31.7 Å². The Bertz CT molecular complexity index is 128. The van der Waals surface area contributed by atoms with Gasteiger partial charge in [0.15, 0.2) is 0 Å². The number of likely N-dealkylation sites (N-methyl/N-ethyl adjacent to an activating group) is 1. The van der Waals surface area contributed by atoms with E-state index in [9.17, 15) is 0 Å². The molecule has 4 heteroatoms. The molecule has 0 unspecified atom stereocenters. The number of aliphatic hydroxyl groups is 1. The summed E-state index contributed by atoms with van der Waals surface area (Å²) in [6, 6.07) is 0. The summed E-state index contributed by atoms with van der Waals surface area (Å²) in [5.41, 5.74) is 5.44. The quantitative estimate of drug-likeness (QED) is 0.461. The first-order valence-corrected chi connectivity index (χ1v) is 4.77. The van der Waals surface area contributed by atoms with Gasteiger partial charge < -0.3 is 16.2 Å². The van der Waals surface area contributed by atoms with E-state index >= 15 is 0 Å². The van der Waals surface area contributed by atoms with Gasteiger partial charge in [-0.3, -0.25) is 4.90 Å². The lowest BCUT2D eigenvalue weighted by Crippen LogP contribution is -2.50. The molecule has 0 aromatic carbocycles. The lowest BCUT2D eigenvalue weighted by atomic mass is 10.0. The number of nitrogens with zero attached hydrogens (tertiary/aromatic N) is 1. The Balaban J connectivity index is 3.76. The van der Waals surface area contributed by atoms with E-state index in [4.69, 9.17) is 10.8 Å². The molecule has 0 aliphatic rings. The Kier molecular flexibility index (Phi) is 6.24. The highest BCUT2D eigenvalue weighted by Gasteiger charge is 2.21. The minimum atomic E-state index is 0.0674. The van der Waals surface area contributed by atoms with Gasteiger partial charge in [0.05, 0.1) is 6.61 Å². The van der Waals surface area contributed by atoms with Crippen LogP contribution in [-0.2, 0) is 0 Å². The second kappa shape index (κ2) is 6.32. The van der Waals surface area contributed by atoms with Crippen molar-refractivity contribution in [3.05, 3.63) is 0 Å². The smallest absolute Gasteiger partial charge is 0.0558 e. The van der Waals surface area contributed by atoms with Crippen molar-refractivity contribution in [3.8, 4) is 0 Å². The zero-order chi connectivity index (χ0) is 10.3. The van der Waals surface area contributed by atoms with Crippen molar-refractivity contribution in [2.24, 2.45) is 5.73 Å². The summed E-state index contributed by atoms with van der Waals surface area (Å²) in [6.45, 7) is 7.60. The first-order valence-electron chi connectivity index (χ1n) is 4.77. The summed E-state index contributed by atoms with van der Waals surface area (Å²) < 4.78 is 0. The second-order valence-corrected chi connectivity index (χ2v) is 3.92. The van der Waals surface area contributed by atoms with Crippen LogP contribution in [-0.4, -0.2) is 55.4 Å². The van der Waals surface area contributed by atoms with Crippen LogP contribution in [0.25, 0.3) is 0 Å². The van der Waals surface area contributed by atoms with Gasteiger partial charge in [-0.15, -0.1) is 0 Å². The van der Waals surface area contributed by atoms with E-state index in [0.29, 0.717) is 13.1 Å². The molecule has 0 radical (unpaired) electrons. The number of hydrogen-bond acceptors (Lipinski definition) is 4. The molecule has 0 heterocycles. The van der Waals surface area contributed by atoms with E-state index in [2.05, 4.69) is 24.1 Å². The maximum absolute atomic E-state index is 8.79. The van der Waals surface area contributed by atoms with Crippen molar-refractivity contribution in [2.75, 3.05) is 39.8 Å². The van der Waals surface area contributed by atoms with E-state index in [0.717, 1.165) is 13.1 Å². The monoisotopic (exact) mass is 189 g/mol. The molecule has 0 spiro atoms. The highest BCUT2D eigenvalue weighted by atomic mass is 16.3. The highest BCUT2D eigenvalue weighted by molar-refractivity contribution is 4.81. The third-order valence-electron chi connectivity index (χ3n) is 2.35. The number of nitrogens with two attached hydrogens (primary N) is 1. The molecule has 0 bridgehead atoms. The maximum Gasteiger partial charge on any atom is 0.0558 e. The molecule has 0 saturated carbocycles. The Morgan fingerprint density at radius 3 is 2.54 bits per heavy atom. The third kappa shape index (κ3) is 5.21. The van der Waals surface area contributed by atoms with Crippen LogP contribution in [0, 0.1) is 0 Å². The van der Waals surface area contributed by atoms with Gasteiger partial charge in [0.25, 0.3) is 0 Å². The van der Waals surface area contributed by atoms with Crippen molar-refractivity contribution in [2.45, 2.75) is 19.4 Å². The molecule has 0 aliphatic carbocycles. The van der Waals surface area contributed by atoms with Crippen molar-refractivity contribution in [3.63, 3.8) is 0 Å². The molecular formula is C9H23N3O. The van der Waals surface area contributed by atoms with Gasteiger partial charge >= 0.3 is 0 Å². The molecule has 4 N–H and O–H groups in total. The average molecular weight is 189 g/mol. The Morgan fingerprint density at radius 1 is 1.46 bits per heavy atom. The molecule has 0 aromatic rings. The lowest BCUT2D eigenvalue weighted by molar-refractivity contribution is 0.121. The van der Waals surface area contributed by atoms with E-state index in [-0.39, 0.29) is 12.1 Å². The first kappa shape index (κ1) is 12.8. The Morgan fingerprint density at radius 2 is 2.08 bits per heavy atom.